The van der Waals surface area contributed by atoms with Crippen molar-refractivity contribution in [3.05, 3.63) is 0 Å². The minimum absolute atomic E-state index is 0.128. The number of carbonyl (C=O) groups is 2. The molecular weight excluding hydrogens is 284 g/mol. The van der Waals surface area contributed by atoms with Crippen LogP contribution in [0.2, 0.25) is 0 Å². The summed E-state index contributed by atoms with van der Waals surface area (Å²) < 4.78 is 10.3. The number of amides is 1. The van der Waals surface area contributed by atoms with Gasteiger partial charge in [0, 0.05) is 25.2 Å². The van der Waals surface area contributed by atoms with Gasteiger partial charge in [0.25, 0.3) is 0 Å². The maximum Gasteiger partial charge on any atom is 0.410 e. The largest absolute Gasteiger partial charge is 0.466 e. The molecule has 1 saturated heterocycles. The van der Waals surface area contributed by atoms with E-state index in [1.807, 2.05) is 27.7 Å². The van der Waals surface area contributed by atoms with Gasteiger partial charge in [-0.2, -0.15) is 0 Å². The highest BCUT2D eigenvalue weighted by Gasteiger charge is 2.31. The van der Waals surface area contributed by atoms with E-state index in [4.69, 9.17) is 9.47 Å². The summed E-state index contributed by atoms with van der Waals surface area (Å²) in [6, 6.07) is 0.451. The molecule has 0 bridgehead atoms. The minimum atomic E-state index is -0.467. The Balaban J connectivity index is 2.33. The van der Waals surface area contributed by atoms with Crippen LogP contribution in [0, 0.1) is 0 Å². The van der Waals surface area contributed by atoms with Crippen LogP contribution in [0.3, 0.4) is 0 Å². The molecule has 1 rings (SSSR count). The van der Waals surface area contributed by atoms with E-state index in [2.05, 4.69) is 5.32 Å². The summed E-state index contributed by atoms with van der Waals surface area (Å²) in [6.07, 6.45) is 1.87. The van der Waals surface area contributed by atoms with E-state index < -0.39 is 5.60 Å². The molecule has 0 radical (unpaired) electrons. The Morgan fingerprint density at radius 2 is 2.00 bits per heavy atom. The van der Waals surface area contributed by atoms with Crippen LogP contribution in [-0.2, 0) is 14.3 Å². The molecule has 0 spiro atoms. The number of hydrogen-bond donors (Lipinski definition) is 1. The predicted molar refractivity (Wildman–Crippen MR) is 84.7 cm³/mol. The Morgan fingerprint density at radius 1 is 1.32 bits per heavy atom. The monoisotopic (exact) mass is 314 g/mol. The number of nitrogens with zero attached hydrogens (tertiary/aromatic N) is 1. The molecule has 6 nitrogen and oxygen atoms in total. The number of likely N-dealkylation sites (tertiary alicyclic amines) is 1. The number of carbonyl (C=O) groups excluding carboxylic acids is 2. The summed E-state index contributed by atoms with van der Waals surface area (Å²) in [5, 5.41) is 3.37. The summed E-state index contributed by atoms with van der Waals surface area (Å²) in [5.41, 5.74) is -0.467. The van der Waals surface area contributed by atoms with E-state index >= 15 is 0 Å². The van der Waals surface area contributed by atoms with Crippen LogP contribution < -0.4 is 5.32 Å². The highest BCUT2D eigenvalue weighted by molar-refractivity contribution is 5.69. The molecule has 1 aliphatic heterocycles. The molecule has 0 aromatic carbocycles. The topological polar surface area (TPSA) is 67.9 Å². The number of hydrogen-bond acceptors (Lipinski definition) is 5. The van der Waals surface area contributed by atoms with Gasteiger partial charge in [-0.05, 0) is 47.5 Å². The fourth-order valence-corrected chi connectivity index (χ4v) is 2.56. The maximum absolute atomic E-state index is 12.1. The van der Waals surface area contributed by atoms with Gasteiger partial charge in [0.1, 0.15) is 5.60 Å². The lowest BCUT2D eigenvalue weighted by Gasteiger charge is -2.38. The van der Waals surface area contributed by atoms with E-state index in [0.29, 0.717) is 32.2 Å². The Morgan fingerprint density at radius 3 is 2.55 bits per heavy atom. The molecule has 6 heteroatoms. The second-order valence-electron chi connectivity index (χ2n) is 6.75. The zero-order chi connectivity index (χ0) is 16.8. The van der Waals surface area contributed by atoms with Gasteiger partial charge >= 0.3 is 12.1 Å². The predicted octanol–water partition coefficient (Wildman–Crippen LogP) is 2.32. The second kappa shape index (κ2) is 8.36. The van der Waals surface area contributed by atoms with Crippen LogP contribution in [-0.4, -0.2) is 54.3 Å². The fraction of sp³-hybridized carbons (Fsp3) is 0.875. The van der Waals surface area contributed by atoms with Crippen molar-refractivity contribution in [1.29, 1.82) is 0 Å². The van der Waals surface area contributed by atoms with Gasteiger partial charge in [-0.25, -0.2) is 4.79 Å². The Kier molecular flexibility index (Phi) is 7.13. The standard InChI is InChI=1S/C16H30N2O4/c1-6-21-14(19)7-9-17-13-8-10-18(12(2)11-13)15(20)22-16(3,4)5/h12-13,17H,6-11H2,1-5H3/t12-,13?/m1/s1. The average molecular weight is 314 g/mol. The van der Waals surface area contributed by atoms with E-state index in [1.54, 1.807) is 11.8 Å². The average Bonchev–Trinajstić information content (AvgIpc) is 2.36. The highest BCUT2D eigenvalue weighted by Crippen LogP contribution is 2.20. The molecule has 0 saturated carbocycles. The number of piperidine rings is 1. The molecule has 0 aliphatic carbocycles. The van der Waals surface area contributed by atoms with Gasteiger partial charge < -0.3 is 19.7 Å². The zero-order valence-electron chi connectivity index (χ0n) is 14.5. The lowest BCUT2D eigenvalue weighted by atomic mass is 9.98. The van der Waals surface area contributed by atoms with Gasteiger partial charge in [-0.1, -0.05) is 0 Å². The maximum atomic E-state index is 12.1. The van der Waals surface area contributed by atoms with Crippen molar-refractivity contribution in [2.45, 2.75) is 71.6 Å². The summed E-state index contributed by atoms with van der Waals surface area (Å²) in [4.78, 5) is 25.2. The molecular formula is C16H30N2O4. The molecule has 1 heterocycles. The van der Waals surface area contributed by atoms with Crippen molar-refractivity contribution in [3.8, 4) is 0 Å². The van der Waals surface area contributed by atoms with Crippen molar-refractivity contribution in [2.24, 2.45) is 0 Å². The number of esters is 1. The third-order valence-corrected chi connectivity index (χ3v) is 3.57. The SMILES string of the molecule is CCOC(=O)CCNC1CCN(C(=O)OC(C)(C)C)[C@H](C)C1. The van der Waals surface area contributed by atoms with Crippen LogP contribution in [0.5, 0.6) is 0 Å². The molecule has 128 valence electrons. The van der Waals surface area contributed by atoms with Gasteiger partial charge in [-0.3, -0.25) is 4.79 Å². The van der Waals surface area contributed by atoms with Gasteiger partial charge in [0.05, 0.1) is 13.0 Å². The van der Waals surface area contributed by atoms with Crippen LogP contribution in [0.25, 0.3) is 0 Å². The molecule has 22 heavy (non-hydrogen) atoms. The van der Waals surface area contributed by atoms with E-state index in [9.17, 15) is 9.59 Å². The van der Waals surface area contributed by atoms with E-state index in [-0.39, 0.29) is 18.1 Å². The first-order chi connectivity index (χ1) is 10.2. The van der Waals surface area contributed by atoms with Crippen LogP contribution in [0.4, 0.5) is 4.79 Å². The lowest BCUT2D eigenvalue weighted by Crippen LogP contribution is -2.51. The third kappa shape index (κ3) is 6.64. The first-order valence-electron chi connectivity index (χ1n) is 8.11. The normalized spacial score (nSPS) is 22.3. The fourth-order valence-electron chi connectivity index (χ4n) is 2.56. The molecule has 1 aliphatic rings. The minimum Gasteiger partial charge on any atom is -0.466 e. The van der Waals surface area contributed by atoms with Crippen molar-refractivity contribution in [1.82, 2.24) is 10.2 Å². The van der Waals surface area contributed by atoms with Crippen LogP contribution in [0.1, 0.15) is 53.9 Å². The highest BCUT2D eigenvalue weighted by atomic mass is 16.6. The van der Waals surface area contributed by atoms with Crippen molar-refractivity contribution in [3.63, 3.8) is 0 Å². The number of ether oxygens (including phenoxy) is 2. The molecule has 1 N–H and O–H groups in total. The van der Waals surface area contributed by atoms with Gasteiger partial charge in [0.2, 0.25) is 0 Å². The van der Waals surface area contributed by atoms with Crippen molar-refractivity contribution >= 4 is 12.1 Å². The number of rotatable bonds is 5. The molecule has 1 fully saturated rings. The van der Waals surface area contributed by atoms with Crippen molar-refractivity contribution < 1.29 is 19.1 Å². The van der Waals surface area contributed by atoms with Crippen LogP contribution >= 0.6 is 0 Å². The van der Waals surface area contributed by atoms with E-state index in [1.165, 1.54) is 0 Å². The smallest absolute Gasteiger partial charge is 0.410 e. The molecule has 2 atom stereocenters. The Bertz CT molecular complexity index is 379. The zero-order valence-corrected chi connectivity index (χ0v) is 14.5. The molecule has 0 aromatic heterocycles. The first kappa shape index (κ1) is 18.7. The van der Waals surface area contributed by atoms with Gasteiger partial charge in [0.15, 0.2) is 0 Å². The molecule has 1 unspecified atom stereocenters. The first-order valence-corrected chi connectivity index (χ1v) is 8.11. The summed E-state index contributed by atoms with van der Waals surface area (Å²) in [6.45, 7) is 11.2. The quantitative estimate of drug-likeness (QED) is 0.789. The summed E-state index contributed by atoms with van der Waals surface area (Å²) in [5.74, 6) is -0.172. The number of nitrogens with one attached hydrogen (secondary N) is 1. The second-order valence-corrected chi connectivity index (χ2v) is 6.75. The summed E-state index contributed by atoms with van der Waals surface area (Å²) >= 11 is 0. The third-order valence-electron chi connectivity index (χ3n) is 3.57. The van der Waals surface area contributed by atoms with Crippen LogP contribution in [0.15, 0.2) is 0 Å². The van der Waals surface area contributed by atoms with Gasteiger partial charge in [-0.15, -0.1) is 0 Å². The van der Waals surface area contributed by atoms with Crippen molar-refractivity contribution in [2.75, 3.05) is 19.7 Å². The Hall–Kier alpha value is -1.30. The molecule has 1 amide bonds. The summed E-state index contributed by atoms with van der Waals surface area (Å²) in [7, 11) is 0. The molecule has 0 aromatic rings. The Labute approximate surface area is 133 Å². The van der Waals surface area contributed by atoms with E-state index in [0.717, 1.165) is 12.8 Å². The lowest BCUT2D eigenvalue weighted by molar-refractivity contribution is -0.143.